The summed E-state index contributed by atoms with van der Waals surface area (Å²) in [5.41, 5.74) is 3.99. The second kappa shape index (κ2) is 6.39. The minimum atomic E-state index is -0.173. The average Bonchev–Trinajstić information content (AvgIpc) is 2.46. The van der Waals surface area contributed by atoms with Crippen LogP contribution in [0.5, 0.6) is 0 Å². The summed E-state index contributed by atoms with van der Waals surface area (Å²) in [4.78, 5) is 26.9. The van der Waals surface area contributed by atoms with Crippen LogP contribution in [0, 0.1) is 13.8 Å². The van der Waals surface area contributed by atoms with Crippen LogP contribution in [0.2, 0.25) is 0 Å². The molecule has 2 N–H and O–H groups in total. The standard InChI is InChI=1S/C17H20N2O2/c1-4-14-9-12(3)15(17(21)19-14)10-18-16(20)13-7-5-11(2)6-8-13/h5-9H,4,10H2,1-3H3,(H,18,20)(H,19,21). The van der Waals surface area contributed by atoms with Crippen molar-refractivity contribution in [3.8, 4) is 0 Å². The molecule has 0 bridgehead atoms. The Bertz CT molecular complexity index is 700. The molecule has 4 heteroatoms. The second-order valence-corrected chi connectivity index (χ2v) is 5.19. The number of nitrogens with one attached hydrogen (secondary N) is 2. The molecule has 21 heavy (non-hydrogen) atoms. The maximum absolute atomic E-state index is 12.1. The van der Waals surface area contributed by atoms with Gasteiger partial charge in [0.1, 0.15) is 0 Å². The summed E-state index contributed by atoms with van der Waals surface area (Å²) in [6.07, 6.45) is 0.784. The molecule has 0 fully saturated rings. The van der Waals surface area contributed by atoms with E-state index in [1.165, 1.54) is 0 Å². The number of carbonyl (C=O) groups is 1. The topological polar surface area (TPSA) is 62.0 Å². The van der Waals surface area contributed by atoms with Gasteiger partial charge in [-0.2, -0.15) is 0 Å². The first-order valence-electron chi connectivity index (χ1n) is 7.07. The van der Waals surface area contributed by atoms with Gasteiger partial charge in [-0.05, 0) is 44.0 Å². The smallest absolute Gasteiger partial charge is 0.253 e. The minimum absolute atomic E-state index is 0.129. The van der Waals surface area contributed by atoms with Crippen molar-refractivity contribution in [1.82, 2.24) is 10.3 Å². The Hall–Kier alpha value is -2.36. The average molecular weight is 284 g/mol. The van der Waals surface area contributed by atoms with Crippen molar-refractivity contribution in [2.24, 2.45) is 0 Å². The fourth-order valence-electron chi connectivity index (χ4n) is 2.17. The fourth-order valence-corrected chi connectivity index (χ4v) is 2.17. The SMILES string of the molecule is CCc1cc(C)c(CNC(=O)c2ccc(C)cc2)c(=O)[nH]1. The Morgan fingerprint density at radius 2 is 1.86 bits per heavy atom. The predicted molar refractivity (Wildman–Crippen MR) is 83.5 cm³/mol. The molecule has 0 atom stereocenters. The van der Waals surface area contributed by atoms with E-state index in [0.717, 1.165) is 23.2 Å². The third-order valence-electron chi connectivity index (χ3n) is 3.54. The van der Waals surface area contributed by atoms with Gasteiger partial charge in [0, 0.05) is 23.4 Å². The minimum Gasteiger partial charge on any atom is -0.348 e. The monoisotopic (exact) mass is 284 g/mol. The van der Waals surface area contributed by atoms with Crippen LogP contribution in [0.4, 0.5) is 0 Å². The normalized spacial score (nSPS) is 10.4. The Morgan fingerprint density at radius 1 is 1.19 bits per heavy atom. The van der Waals surface area contributed by atoms with Crippen LogP contribution < -0.4 is 10.9 Å². The number of aromatic amines is 1. The number of aryl methyl sites for hydroxylation is 3. The molecule has 110 valence electrons. The van der Waals surface area contributed by atoms with Gasteiger partial charge in [-0.25, -0.2) is 0 Å². The molecule has 0 aliphatic carbocycles. The fraction of sp³-hybridized carbons (Fsp3) is 0.294. The van der Waals surface area contributed by atoms with E-state index < -0.39 is 0 Å². The van der Waals surface area contributed by atoms with Crippen molar-refractivity contribution in [2.75, 3.05) is 0 Å². The summed E-state index contributed by atoms with van der Waals surface area (Å²) in [6.45, 7) is 6.09. The van der Waals surface area contributed by atoms with Gasteiger partial charge in [-0.3, -0.25) is 9.59 Å². The molecule has 1 aromatic heterocycles. The molecule has 4 nitrogen and oxygen atoms in total. The van der Waals surface area contributed by atoms with E-state index in [1.54, 1.807) is 12.1 Å². The Labute approximate surface area is 124 Å². The number of aromatic nitrogens is 1. The summed E-state index contributed by atoms with van der Waals surface area (Å²) in [6, 6.07) is 9.30. The first-order valence-corrected chi connectivity index (χ1v) is 7.07. The van der Waals surface area contributed by atoms with Crippen molar-refractivity contribution in [3.63, 3.8) is 0 Å². The molecule has 0 unspecified atom stereocenters. The highest BCUT2D eigenvalue weighted by Crippen LogP contribution is 2.06. The van der Waals surface area contributed by atoms with Crippen LogP contribution >= 0.6 is 0 Å². The Morgan fingerprint density at radius 3 is 2.43 bits per heavy atom. The highest BCUT2D eigenvalue weighted by molar-refractivity contribution is 5.94. The van der Waals surface area contributed by atoms with Crippen LogP contribution in [-0.4, -0.2) is 10.9 Å². The number of pyridine rings is 1. The molecule has 0 radical (unpaired) electrons. The molecule has 0 spiro atoms. The molecule has 2 rings (SSSR count). The molecule has 0 saturated heterocycles. The summed E-state index contributed by atoms with van der Waals surface area (Å²) in [7, 11) is 0. The number of hydrogen-bond acceptors (Lipinski definition) is 2. The molecule has 1 amide bonds. The van der Waals surface area contributed by atoms with Crippen LogP contribution in [0.1, 0.15) is 39.7 Å². The molecule has 0 aliphatic heterocycles. The molecule has 1 aromatic carbocycles. The first kappa shape index (κ1) is 15.0. The van der Waals surface area contributed by atoms with E-state index in [9.17, 15) is 9.59 Å². The van der Waals surface area contributed by atoms with E-state index in [-0.39, 0.29) is 18.0 Å². The van der Waals surface area contributed by atoms with Gasteiger partial charge >= 0.3 is 0 Å². The van der Waals surface area contributed by atoms with E-state index in [1.807, 2.05) is 39.0 Å². The lowest BCUT2D eigenvalue weighted by Gasteiger charge is -2.09. The van der Waals surface area contributed by atoms with Crippen molar-refractivity contribution >= 4 is 5.91 Å². The third kappa shape index (κ3) is 3.60. The molecular formula is C17H20N2O2. The van der Waals surface area contributed by atoms with Gasteiger partial charge in [0.05, 0.1) is 0 Å². The molecule has 0 saturated carbocycles. The largest absolute Gasteiger partial charge is 0.348 e. The van der Waals surface area contributed by atoms with Gasteiger partial charge in [0.15, 0.2) is 0 Å². The van der Waals surface area contributed by atoms with Crippen LogP contribution in [-0.2, 0) is 13.0 Å². The number of rotatable bonds is 4. The predicted octanol–water partition coefficient (Wildman–Crippen LogP) is 2.48. The summed E-state index contributed by atoms with van der Waals surface area (Å²) < 4.78 is 0. The number of carbonyl (C=O) groups excluding carboxylic acids is 1. The van der Waals surface area contributed by atoms with Gasteiger partial charge in [0.2, 0.25) is 0 Å². The Balaban J connectivity index is 2.11. The van der Waals surface area contributed by atoms with Crippen LogP contribution in [0.15, 0.2) is 35.1 Å². The van der Waals surface area contributed by atoms with Crippen molar-refractivity contribution in [2.45, 2.75) is 33.7 Å². The number of benzene rings is 1. The number of hydrogen-bond donors (Lipinski definition) is 2. The van der Waals surface area contributed by atoms with Gasteiger partial charge < -0.3 is 10.3 Å². The molecule has 0 aliphatic rings. The lowest BCUT2D eigenvalue weighted by atomic mass is 10.1. The van der Waals surface area contributed by atoms with E-state index in [4.69, 9.17) is 0 Å². The van der Waals surface area contributed by atoms with E-state index in [0.29, 0.717) is 11.1 Å². The molecule has 1 heterocycles. The quantitative estimate of drug-likeness (QED) is 0.906. The summed E-state index contributed by atoms with van der Waals surface area (Å²) in [5, 5.41) is 2.79. The van der Waals surface area contributed by atoms with Crippen LogP contribution in [0.25, 0.3) is 0 Å². The van der Waals surface area contributed by atoms with Crippen molar-refractivity contribution < 1.29 is 4.79 Å². The highest BCUT2D eigenvalue weighted by atomic mass is 16.1. The Kier molecular flexibility index (Phi) is 4.58. The summed E-state index contributed by atoms with van der Waals surface area (Å²) in [5.74, 6) is -0.173. The maximum atomic E-state index is 12.1. The third-order valence-corrected chi connectivity index (χ3v) is 3.54. The zero-order chi connectivity index (χ0) is 15.4. The first-order chi connectivity index (χ1) is 10.0. The summed E-state index contributed by atoms with van der Waals surface area (Å²) >= 11 is 0. The lowest BCUT2D eigenvalue weighted by molar-refractivity contribution is 0.0951. The van der Waals surface area contributed by atoms with Crippen molar-refractivity contribution in [3.05, 3.63) is 68.6 Å². The molecule has 2 aromatic rings. The van der Waals surface area contributed by atoms with Gasteiger partial charge in [-0.15, -0.1) is 0 Å². The second-order valence-electron chi connectivity index (χ2n) is 5.19. The maximum Gasteiger partial charge on any atom is 0.253 e. The zero-order valence-electron chi connectivity index (χ0n) is 12.6. The van der Waals surface area contributed by atoms with Gasteiger partial charge in [0.25, 0.3) is 11.5 Å². The number of amides is 1. The van der Waals surface area contributed by atoms with E-state index in [2.05, 4.69) is 10.3 Å². The highest BCUT2D eigenvalue weighted by Gasteiger charge is 2.09. The van der Waals surface area contributed by atoms with Crippen molar-refractivity contribution in [1.29, 1.82) is 0 Å². The van der Waals surface area contributed by atoms with Gasteiger partial charge in [-0.1, -0.05) is 24.6 Å². The molecular weight excluding hydrogens is 264 g/mol. The number of H-pyrrole nitrogens is 1. The van der Waals surface area contributed by atoms with E-state index >= 15 is 0 Å². The van der Waals surface area contributed by atoms with Crippen LogP contribution in [0.3, 0.4) is 0 Å². The zero-order valence-corrected chi connectivity index (χ0v) is 12.6. The lowest BCUT2D eigenvalue weighted by Crippen LogP contribution is -2.28.